The Hall–Kier alpha value is -2.06. The Bertz CT molecular complexity index is 394. The number of benzene rings is 1. The Kier molecular flexibility index (Phi) is 1.94. The van der Waals surface area contributed by atoms with Crippen molar-refractivity contribution in [1.82, 2.24) is 0 Å². The highest BCUT2D eigenvalue weighted by Gasteiger charge is 2.03. The first-order valence-electron chi connectivity index (χ1n) is 3.24. The number of terminal acetylenes is 2. The molecule has 0 radical (unpaired) electrons. The van der Waals surface area contributed by atoms with Crippen molar-refractivity contribution >= 4 is 5.69 Å². The van der Waals surface area contributed by atoms with Gasteiger partial charge in [0, 0.05) is 5.56 Å². The second-order valence-electron chi connectivity index (χ2n) is 2.25. The summed E-state index contributed by atoms with van der Waals surface area (Å²) in [6, 6.07) is 3.03. The highest BCUT2D eigenvalue weighted by molar-refractivity contribution is 5.64. The number of phenolic OH excluding ortho intramolecular Hbond substituents is 1. The Morgan fingerprint density at radius 1 is 1.25 bits per heavy atom. The molecule has 0 unspecified atom stereocenters. The van der Waals surface area contributed by atoms with E-state index in [1.807, 2.05) is 0 Å². The minimum absolute atomic E-state index is 0.0866. The van der Waals surface area contributed by atoms with E-state index in [-0.39, 0.29) is 11.4 Å². The smallest absolute Gasteiger partial charge is 0.154 e. The van der Waals surface area contributed by atoms with Crippen LogP contribution in [-0.2, 0) is 0 Å². The lowest BCUT2D eigenvalue weighted by atomic mass is 10.1. The number of phenols is 1. The molecule has 0 saturated carbocycles. The van der Waals surface area contributed by atoms with Crippen molar-refractivity contribution in [2.75, 3.05) is 5.73 Å². The molecule has 0 atom stereocenters. The molecule has 3 N–H and O–H groups in total. The van der Waals surface area contributed by atoms with E-state index in [9.17, 15) is 5.11 Å². The first-order chi connectivity index (χ1) is 5.69. The minimum Gasteiger partial charge on any atom is -0.505 e. The third-order valence-electron chi connectivity index (χ3n) is 1.46. The van der Waals surface area contributed by atoms with Crippen LogP contribution >= 0.6 is 0 Å². The van der Waals surface area contributed by atoms with E-state index in [1.54, 1.807) is 0 Å². The van der Waals surface area contributed by atoms with Crippen molar-refractivity contribution in [3.8, 4) is 30.4 Å². The largest absolute Gasteiger partial charge is 0.505 e. The maximum absolute atomic E-state index is 9.28. The van der Waals surface area contributed by atoms with Gasteiger partial charge in [0.1, 0.15) is 0 Å². The van der Waals surface area contributed by atoms with E-state index in [0.29, 0.717) is 11.1 Å². The van der Waals surface area contributed by atoms with Crippen LogP contribution in [0.4, 0.5) is 5.69 Å². The third kappa shape index (κ3) is 1.19. The van der Waals surface area contributed by atoms with Crippen LogP contribution in [0.5, 0.6) is 5.75 Å². The molecule has 0 bridgehead atoms. The quantitative estimate of drug-likeness (QED) is 0.334. The molecule has 1 rings (SSSR count). The lowest BCUT2D eigenvalue weighted by molar-refractivity contribution is 0.476. The standard InChI is InChI=1S/C10H7NO/c1-3-7-5-8(4-2)10(12)9(11)6-7/h1-2,5-6,12H,11H2. The van der Waals surface area contributed by atoms with Crippen LogP contribution in [0.15, 0.2) is 12.1 Å². The molecule has 2 nitrogen and oxygen atoms in total. The van der Waals surface area contributed by atoms with E-state index in [2.05, 4.69) is 11.8 Å². The van der Waals surface area contributed by atoms with Gasteiger partial charge in [-0.3, -0.25) is 0 Å². The second-order valence-corrected chi connectivity index (χ2v) is 2.25. The van der Waals surface area contributed by atoms with Gasteiger partial charge < -0.3 is 10.8 Å². The average Bonchev–Trinajstić information content (AvgIpc) is 2.09. The molecule has 0 aliphatic rings. The summed E-state index contributed by atoms with van der Waals surface area (Å²) in [7, 11) is 0. The van der Waals surface area contributed by atoms with Crippen LogP contribution in [0, 0.1) is 24.7 Å². The van der Waals surface area contributed by atoms with Gasteiger partial charge in [-0.2, -0.15) is 0 Å². The summed E-state index contributed by atoms with van der Waals surface area (Å²) in [5.41, 5.74) is 6.53. The molecule has 1 aromatic rings. The predicted molar refractivity (Wildman–Crippen MR) is 48.4 cm³/mol. The van der Waals surface area contributed by atoms with E-state index < -0.39 is 0 Å². The van der Waals surface area contributed by atoms with Gasteiger partial charge in [-0.15, -0.1) is 12.8 Å². The second kappa shape index (κ2) is 2.90. The molecule has 58 valence electrons. The van der Waals surface area contributed by atoms with E-state index in [0.717, 1.165) is 0 Å². The summed E-state index contributed by atoms with van der Waals surface area (Å²) >= 11 is 0. The lowest BCUT2D eigenvalue weighted by Crippen LogP contribution is -1.90. The van der Waals surface area contributed by atoms with Crippen molar-refractivity contribution in [3.63, 3.8) is 0 Å². The fourth-order valence-corrected chi connectivity index (χ4v) is 0.850. The number of nitrogen functional groups attached to an aromatic ring is 1. The Balaban J connectivity index is 3.44. The maximum atomic E-state index is 9.28. The zero-order chi connectivity index (χ0) is 9.14. The van der Waals surface area contributed by atoms with Crippen LogP contribution in [0.1, 0.15) is 11.1 Å². The Morgan fingerprint density at radius 3 is 2.42 bits per heavy atom. The molecule has 0 amide bonds. The third-order valence-corrected chi connectivity index (χ3v) is 1.46. The van der Waals surface area contributed by atoms with Gasteiger partial charge in [0.2, 0.25) is 0 Å². The van der Waals surface area contributed by atoms with Crippen LogP contribution < -0.4 is 5.73 Å². The monoisotopic (exact) mass is 157 g/mol. The molecule has 0 saturated heterocycles. The van der Waals surface area contributed by atoms with Gasteiger partial charge in [-0.05, 0) is 12.1 Å². The van der Waals surface area contributed by atoms with Crippen molar-refractivity contribution in [3.05, 3.63) is 23.3 Å². The first-order valence-corrected chi connectivity index (χ1v) is 3.24. The summed E-state index contributed by atoms with van der Waals surface area (Å²) in [5, 5.41) is 9.28. The molecule has 12 heavy (non-hydrogen) atoms. The summed E-state index contributed by atoms with van der Waals surface area (Å²) < 4.78 is 0. The molecule has 0 aliphatic carbocycles. The summed E-state index contributed by atoms with van der Waals surface area (Å²) in [6.07, 6.45) is 10.2. The predicted octanol–water partition coefficient (Wildman–Crippen LogP) is 0.937. The van der Waals surface area contributed by atoms with Crippen LogP contribution in [0.3, 0.4) is 0 Å². The van der Waals surface area contributed by atoms with E-state index in [1.165, 1.54) is 12.1 Å². The van der Waals surface area contributed by atoms with Gasteiger partial charge in [0.05, 0.1) is 11.3 Å². The number of aromatic hydroxyl groups is 1. The molecule has 0 aliphatic heterocycles. The van der Waals surface area contributed by atoms with Crippen molar-refractivity contribution in [1.29, 1.82) is 0 Å². The van der Waals surface area contributed by atoms with E-state index >= 15 is 0 Å². The zero-order valence-corrected chi connectivity index (χ0v) is 6.33. The molecule has 0 spiro atoms. The Labute approximate surface area is 71.0 Å². The molecule has 1 aromatic carbocycles. The molecular formula is C10H7NO. The topological polar surface area (TPSA) is 46.2 Å². The number of nitrogens with two attached hydrogens (primary N) is 1. The molecule has 0 fully saturated rings. The van der Waals surface area contributed by atoms with Gasteiger partial charge in [0.25, 0.3) is 0 Å². The van der Waals surface area contributed by atoms with Gasteiger partial charge in [-0.25, -0.2) is 0 Å². The molecular weight excluding hydrogens is 150 g/mol. The summed E-state index contributed by atoms with van der Waals surface area (Å²) in [5.74, 6) is 4.58. The highest BCUT2D eigenvalue weighted by Crippen LogP contribution is 2.25. The normalized spacial score (nSPS) is 8.50. The molecule has 0 heterocycles. The molecule has 0 aromatic heterocycles. The summed E-state index contributed by atoms with van der Waals surface area (Å²) in [4.78, 5) is 0. The average molecular weight is 157 g/mol. The number of anilines is 1. The van der Waals surface area contributed by atoms with Crippen LogP contribution in [-0.4, -0.2) is 5.11 Å². The van der Waals surface area contributed by atoms with Crippen molar-refractivity contribution in [2.24, 2.45) is 0 Å². The SMILES string of the molecule is C#Cc1cc(N)c(O)c(C#C)c1. The van der Waals surface area contributed by atoms with Gasteiger partial charge in [0.15, 0.2) is 5.75 Å². The van der Waals surface area contributed by atoms with E-state index in [4.69, 9.17) is 18.6 Å². The molecule has 2 heteroatoms. The van der Waals surface area contributed by atoms with Gasteiger partial charge in [-0.1, -0.05) is 11.8 Å². The van der Waals surface area contributed by atoms with Gasteiger partial charge >= 0.3 is 0 Å². The van der Waals surface area contributed by atoms with Crippen molar-refractivity contribution < 1.29 is 5.11 Å². The van der Waals surface area contributed by atoms with Crippen LogP contribution in [0.25, 0.3) is 0 Å². The van der Waals surface area contributed by atoms with Crippen LogP contribution in [0.2, 0.25) is 0 Å². The minimum atomic E-state index is -0.0866. The maximum Gasteiger partial charge on any atom is 0.154 e. The first kappa shape index (κ1) is 8.04. The number of hydrogen-bond acceptors (Lipinski definition) is 2. The lowest BCUT2D eigenvalue weighted by Gasteiger charge is -2.01. The zero-order valence-electron chi connectivity index (χ0n) is 6.33. The summed E-state index contributed by atoms with van der Waals surface area (Å²) in [6.45, 7) is 0. The highest BCUT2D eigenvalue weighted by atomic mass is 16.3. The number of hydrogen-bond donors (Lipinski definition) is 2. The van der Waals surface area contributed by atoms with Crippen molar-refractivity contribution in [2.45, 2.75) is 0 Å². The fourth-order valence-electron chi connectivity index (χ4n) is 0.850. The fraction of sp³-hybridized carbons (Fsp3) is 0. The number of rotatable bonds is 0. The Morgan fingerprint density at radius 2 is 1.92 bits per heavy atom.